The highest BCUT2D eigenvalue weighted by Crippen LogP contribution is 2.58. The predicted octanol–water partition coefficient (Wildman–Crippen LogP) is 3.87. The average Bonchev–Trinajstić information content (AvgIpc) is 3.41. The number of ether oxygens (including phenoxy) is 4. The van der Waals surface area contributed by atoms with Crippen molar-refractivity contribution in [2.45, 2.75) is 38.1 Å². The number of carbonyl (C=O) groups is 2. The van der Waals surface area contributed by atoms with E-state index in [9.17, 15) is 9.59 Å². The second-order valence-corrected chi connectivity index (χ2v) is 8.27. The van der Waals surface area contributed by atoms with Crippen LogP contribution in [-0.4, -0.2) is 26.2 Å². The second kappa shape index (κ2) is 7.24. The van der Waals surface area contributed by atoms with E-state index in [0.29, 0.717) is 25.4 Å². The molecule has 1 fully saturated rings. The summed E-state index contributed by atoms with van der Waals surface area (Å²) in [4.78, 5) is 25.8. The third-order valence-electron chi connectivity index (χ3n) is 6.86. The molecular formula is C25H24O6. The van der Waals surface area contributed by atoms with Gasteiger partial charge in [-0.25, -0.2) is 0 Å². The molecule has 6 nitrogen and oxygen atoms in total. The van der Waals surface area contributed by atoms with E-state index in [1.54, 1.807) is 0 Å². The molecule has 0 aromatic heterocycles. The summed E-state index contributed by atoms with van der Waals surface area (Å²) in [6.07, 6.45) is 0.821. The fourth-order valence-electron chi connectivity index (χ4n) is 5.28. The van der Waals surface area contributed by atoms with Crippen molar-refractivity contribution in [3.63, 3.8) is 0 Å². The normalized spacial score (nSPS) is 25.5. The molecule has 3 aliphatic rings. The molecule has 2 aromatic rings. The van der Waals surface area contributed by atoms with Gasteiger partial charge in [-0.3, -0.25) is 9.59 Å². The van der Waals surface area contributed by atoms with Crippen LogP contribution in [0.3, 0.4) is 0 Å². The van der Waals surface area contributed by atoms with Gasteiger partial charge in [-0.05, 0) is 24.0 Å². The molecular weight excluding hydrogens is 396 g/mol. The summed E-state index contributed by atoms with van der Waals surface area (Å²) in [6, 6.07) is 16.1. The summed E-state index contributed by atoms with van der Waals surface area (Å²) in [6.45, 7) is 0.911. The van der Waals surface area contributed by atoms with Crippen molar-refractivity contribution in [1.29, 1.82) is 0 Å². The lowest BCUT2D eigenvalue weighted by molar-refractivity contribution is -0.173. The highest BCUT2D eigenvalue weighted by Gasteiger charge is 2.59. The third-order valence-corrected chi connectivity index (χ3v) is 6.86. The quantitative estimate of drug-likeness (QED) is 0.543. The van der Waals surface area contributed by atoms with E-state index in [2.05, 4.69) is 12.1 Å². The first-order chi connectivity index (χ1) is 15.1. The van der Waals surface area contributed by atoms with Crippen molar-refractivity contribution in [1.82, 2.24) is 0 Å². The van der Waals surface area contributed by atoms with Gasteiger partial charge in [0.25, 0.3) is 0 Å². The molecule has 2 aromatic carbocycles. The Balaban J connectivity index is 1.74. The van der Waals surface area contributed by atoms with Gasteiger partial charge in [0.1, 0.15) is 18.0 Å². The van der Waals surface area contributed by atoms with Crippen LogP contribution in [0, 0.1) is 5.41 Å². The highest BCUT2D eigenvalue weighted by atomic mass is 16.5. The SMILES string of the molecule is COC(=O)C1(C(=O)OC)CCC2(OCc3ccccc32)/C(=C2\OCc3ccccc32)C1. The van der Waals surface area contributed by atoms with Crippen molar-refractivity contribution in [3.05, 3.63) is 76.4 Å². The first-order valence-corrected chi connectivity index (χ1v) is 10.4. The molecule has 0 amide bonds. The van der Waals surface area contributed by atoms with Crippen LogP contribution in [0.15, 0.2) is 54.1 Å². The van der Waals surface area contributed by atoms with Gasteiger partial charge in [0.2, 0.25) is 0 Å². The molecule has 0 radical (unpaired) electrons. The van der Waals surface area contributed by atoms with Gasteiger partial charge in [0.15, 0.2) is 5.41 Å². The van der Waals surface area contributed by atoms with Gasteiger partial charge in [0, 0.05) is 23.1 Å². The smallest absolute Gasteiger partial charge is 0.323 e. The summed E-state index contributed by atoms with van der Waals surface area (Å²) in [7, 11) is 2.60. The van der Waals surface area contributed by atoms with Crippen molar-refractivity contribution < 1.29 is 28.5 Å². The second-order valence-electron chi connectivity index (χ2n) is 8.27. The van der Waals surface area contributed by atoms with Crippen LogP contribution in [0.1, 0.15) is 41.5 Å². The molecule has 2 heterocycles. The highest BCUT2D eigenvalue weighted by molar-refractivity contribution is 6.01. The van der Waals surface area contributed by atoms with Crippen LogP contribution < -0.4 is 0 Å². The molecule has 6 heteroatoms. The van der Waals surface area contributed by atoms with E-state index in [1.165, 1.54) is 14.2 Å². The minimum atomic E-state index is -1.43. The maximum absolute atomic E-state index is 12.9. The molecule has 5 rings (SSSR count). The molecule has 31 heavy (non-hydrogen) atoms. The molecule has 1 aliphatic carbocycles. The van der Waals surface area contributed by atoms with Crippen LogP contribution in [0.25, 0.3) is 5.76 Å². The lowest BCUT2D eigenvalue weighted by Gasteiger charge is -2.43. The van der Waals surface area contributed by atoms with Crippen LogP contribution in [-0.2, 0) is 47.4 Å². The Morgan fingerprint density at radius 1 is 0.871 bits per heavy atom. The molecule has 0 saturated heterocycles. The molecule has 2 aliphatic heterocycles. The minimum absolute atomic E-state index is 0.115. The first kappa shape index (κ1) is 19.8. The van der Waals surface area contributed by atoms with E-state index >= 15 is 0 Å². The maximum atomic E-state index is 12.9. The topological polar surface area (TPSA) is 71.1 Å². The Hall–Kier alpha value is -3.12. The number of carbonyl (C=O) groups excluding carboxylic acids is 2. The number of benzene rings is 2. The lowest BCUT2D eigenvalue weighted by atomic mass is 9.63. The Kier molecular flexibility index (Phi) is 4.63. The van der Waals surface area contributed by atoms with E-state index < -0.39 is 23.0 Å². The van der Waals surface area contributed by atoms with E-state index in [1.807, 2.05) is 36.4 Å². The van der Waals surface area contributed by atoms with Gasteiger partial charge in [-0.2, -0.15) is 0 Å². The zero-order valence-corrected chi connectivity index (χ0v) is 17.6. The molecule has 1 saturated carbocycles. The zero-order chi connectivity index (χ0) is 21.6. The summed E-state index contributed by atoms with van der Waals surface area (Å²) in [5.74, 6) is -0.501. The number of rotatable bonds is 2. The van der Waals surface area contributed by atoms with Crippen molar-refractivity contribution in [3.8, 4) is 0 Å². The number of fused-ring (bicyclic) bond motifs is 3. The van der Waals surface area contributed by atoms with Gasteiger partial charge in [-0.15, -0.1) is 0 Å². The van der Waals surface area contributed by atoms with Crippen LogP contribution >= 0.6 is 0 Å². The molecule has 1 unspecified atom stereocenters. The van der Waals surface area contributed by atoms with E-state index in [4.69, 9.17) is 18.9 Å². The summed E-state index contributed by atoms with van der Waals surface area (Å²) >= 11 is 0. The summed E-state index contributed by atoms with van der Waals surface area (Å²) < 4.78 is 22.8. The van der Waals surface area contributed by atoms with Crippen molar-refractivity contribution >= 4 is 17.7 Å². The fourth-order valence-corrected chi connectivity index (χ4v) is 5.28. The maximum Gasteiger partial charge on any atom is 0.323 e. The lowest BCUT2D eigenvalue weighted by Crippen LogP contribution is -2.49. The van der Waals surface area contributed by atoms with Crippen LogP contribution in [0.4, 0.5) is 0 Å². The van der Waals surface area contributed by atoms with Crippen LogP contribution in [0.5, 0.6) is 0 Å². The Labute approximate surface area is 180 Å². The molecule has 0 bridgehead atoms. The summed E-state index contributed by atoms with van der Waals surface area (Å²) in [5, 5.41) is 0. The standard InChI is InChI=1S/C25H24O6/c1-28-22(26)24(23(27)29-2)11-12-25(19-10-6-4-8-17(19)15-31-25)20(13-24)21-18-9-5-3-7-16(18)14-30-21/h3-10H,11-15H2,1-2H3/b21-20-. The van der Waals surface area contributed by atoms with Crippen LogP contribution in [0.2, 0.25) is 0 Å². The molecule has 0 N–H and O–H groups in total. The zero-order valence-electron chi connectivity index (χ0n) is 17.6. The van der Waals surface area contributed by atoms with Gasteiger partial charge in [-0.1, -0.05) is 48.5 Å². The molecule has 1 spiro atoms. The molecule has 160 valence electrons. The Morgan fingerprint density at radius 3 is 2.29 bits per heavy atom. The largest absolute Gasteiger partial charge is 0.488 e. The Bertz CT molecular complexity index is 1080. The van der Waals surface area contributed by atoms with Gasteiger partial charge in [0.05, 0.1) is 20.8 Å². The number of hydrogen-bond acceptors (Lipinski definition) is 6. The third kappa shape index (κ3) is 2.74. The van der Waals surface area contributed by atoms with E-state index in [-0.39, 0.29) is 12.8 Å². The average molecular weight is 420 g/mol. The number of esters is 2. The minimum Gasteiger partial charge on any atom is -0.488 e. The number of methoxy groups -OCH3 is 2. The fraction of sp³-hybridized carbons (Fsp3) is 0.360. The Morgan fingerprint density at radius 2 is 1.55 bits per heavy atom. The predicted molar refractivity (Wildman–Crippen MR) is 111 cm³/mol. The number of hydrogen-bond donors (Lipinski definition) is 0. The summed E-state index contributed by atoms with van der Waals surface area (Å²) in [5.41, 5.74) is 2.82. The van der Waals surface area contributed by atoms with E-state index in [0.717, 1.165) is 27.8 Å². The first-order valence-electron chi connectivity index (χ1n) is 10.4. The molecule has 1 atom stereocenters. The van der Waals surface area contributed by atoms with Crippen molar-refractivity contribution in [2.24, 2.45) is 5.41 Å². The monoisotopic (exact) mass is 420 g/mol. The van der Waals surface area contributed by atoms with Crippen molar-refractivity contribution in [2.75, 3.05) is 14.2 Å². The van der Waals surface area contributed by atoms with Gasteiger partial charge < -0.3 is 18.9 Å². The van der Waals surface area contributed by atoms with Gasteiger partial charge >= 0.3 is 11.9 Å².